The van der Waals surface area contributed by atoms with E-state index in [2.05, 4.69) is 20.2 Å². The van der Waals surface area contributed by atoms with E-state index < -0.39 is 17.5 Å². The quantitative estimate of drug-likeness (QED) is 0.900. The number of amides is 1. The SMILES string of the molecule is Cc1cc(OCC(=O)Nc2ccc(F)cc2F)nc(N2CCCC2)n1. The average Bonchev–Trinajstić information content (AvgIpc) is 3.10. The molecule has 2 aromatic rings. The summed E-state index contributed by atoms with van der Waals surface area (Å²) in [5.41, 5.74) is 0.628. The highest BCUT2D eigenvalue weighted by molar-refractivity contribution is 5.91. The van der Waals surface area contributed by atoms with Gasteiger partial charge in [-0.3, -0.25) is 4.79 Å². The second-order valence-electron chi connectivity index (χ2n) is 5.80. The van der Waals surface area contributed by atoms with Crippen molar-refractivity contribution in [2.24, 2.45) is 0 Å². The highest BCUT2D eigenvalue weighted by Gasteiger charge is 2.17. The third-order valence-corrected chi connectivity index (χ3v) is 3.76. The normalized spacial score (nSPS) is 13.8. The molecule has 1 aromatic heterocycles. The van der Waals surface area contributed by atoms with Gasteiger partial charge in [-0.25, -0.2) is 13.8 Å². The fourth-order valence-electron chi connectivity index (χ4n) is 2.57. The van der Waals surface area contributed by atoms with Gasteiger partial charge in [0.1, 0.15) is 11.6 Å². The number of hydrogen-bond donors (Lipinski definition) is 1. The van der Waals surface area contributed by atoms with Crippen molar-refractivity contribution in [3.8, 4) is 5.88 Å². The van der Waals surface area contributed by atoms with Crippen molar-refractivity contribution < 1.29 is 18.3 Å². The Bertz CT molecular complexity index is 779. The Balaban J connectivity index is 1.61. The predicted molar refractivity (Wildman–Crippen MR) is 88.7 cm³/mol. The molecule has 0 unspecified atom stereocenters. The zero-order chi connectivity index (χ0) is 17.8. The van der Waals surface area contributed by atoms with E-state index in [9.17, 15) is 13.6 Å². The molecule has 132 valence electrons. The average molecular weight is 348 g/mol. The molecule has 0 spiro atoms. The number of carbonyl (C=O) groups excluding carboxylic acids is 1. The molecule has 1 aromatic carbocycles. The molecule has 2 heterocycles. The summed E-state index contributed by atoms with van der Waals surface area (Å²) in [6, 6.07) is 4.55. The highest BCUT2D eigenvalue weighted by Crippen LogP contribution is 2.20. The van der Waals surface area contributed by atoms with Crippen LogP contribution in [0, 0.1) is 18.6 Å². The Kier molecular flexibility index (Phi) is 5.06. The summed E-state index contributed by atoms with van der Waals surface area (Å²) in [6.45, 7) is 3.27. The Morgan fingerprint density at radius 3 is 2.72 bits per heavy atom. The second kappa shape index (κ2) is 7.42. The van der Waals surface area contributed by atoms with Crippen molar-refractivity contribution >= 4 is 17.5 Å². The molecule has 1 fully saturated rings. The van der Waals surface area contributed by atoms with Crippen LogP contribution in [0.3, 0.4) is 0 Å². The van der Waals surface area contributed by atoms with Crippen molar-refractivity contribution in [2.75, 3.05) is 29.9 Å². The number of hydrogen-bond acceptors (Lipinski definition) is 5. The first-order valence-electron chi connectivity index (χ1n) is 7.99. The molecule has 1 amide bonds. The van der Waals surface area contributed by atoms with Crippen molar-refractivity contribution in [1.29, 1.82) is 0 Å². The topological polar surface area (TPSA) is 67.3 Å². The molecule has 8 heteroatoms. The second-order valence-corrected chi connectivity index (χ2v) is 5.80. The Labute approximate surface area is 143 Å². The number of benzene rings is 1. The summed E-state index contributed by atoms with van der Waals surface area (Å²) in [4.78, 5) is 22.7. The third-order valence-electron chi connectivity index (χ3n) is 3.76. The first-order valence-corrected chi connectivity index (χ1v) is 7.99. The number of aryl methyl sites for hydroxylation is 1. The Morgan fingerprint density at radius 1 is 1.24 bits per heavy atom. The van der Waals surface area contributed by atoms with Crippen LogP contribution in [0.2, 0.25) is 0 Å². The van der Waals surface area contributed by atoms with Gasteiger partial charge in [0, 0.05) is 30.9 Å². The molecule has 1 aliphatic heterocycles. The fraction of sp³-hybridized carbons (Fsp3) is 0.353. The number of carbonyl (C=O) groups is 1. The summed E-state index contributed by atoms with van der Waals surface area (Å²) < 4.78 is 31.8. The lowest BCUT2D eigenvalue weighted by Gasteiger charge is -2.16. The van der Waals surface area contributed by atoms with E-state index >= 15 is 0 Å². The molecule has 25 heavy (non-hydrogen) atoms. The van der Waals surface area contributed by atoms with E-state index in [-0.39, 0.29) is 18.2 Å². The first-order chi connectivity index (χ1) is 12.0. The van der Waals surface area contributed by atoms with Crippen LogP contribution in [0.1, 0.15) is 18.5 Å². The molecule has 1 N–H and O–H groups in total. The Morgan fingerprint density at radius 2 is 2.00 bits per heavy atom. The number of nitrogens with zero attached hydrogens (tertiary/aromatic N) is 3. The molecule has 0 radical (unpaired) electrons. The molecule has 3 rings (SSSR count). The minimum Gasteiger partial charge on any atom is -0.467 e. The summed E-state index contributed by atoms with van der Waals surface area (Å²) in [5.74, 6) is -1.26. The number of aromatic nitrogens is 2. The van der Waals surface area contributed by atoms with Crippen LogP contribution in [0.25, 0.3) is 0 Å². The molecule has 6 nitrogen and oxygen atoms in total. The maximum absolute atomic E-state index is 13.5. The Hall–Kier alpha value is -2.77. The lowest BCUT2D eigenvalue weighted by molar-refractivity contribution is -0.118. The summed E-state index contributed by atoms with van der Waals surface area (Å²) in [6.07, 6.45) is 2.19. The summed E-state index contributed by atoms with van der Waals surface area (Å²) >= 11 is 0. The summed E-state index contributed by atoms with van der Waals surface area (Å²) in [5, 5.41) is 2.33. The number of nitrogens with one attached hydrogen (secondary N) is 1. The maximum atomic E-state index is 13.5. The molecule has 0 atom stereocenters. The number of anilines is 2. The van der Waals surface area contributed by atoms with E-state index in [4.69, 9.17) is 4.74 Å². The van der Waals surface area contributed by atoms with Crippen molar-refractivity contribution in [3.63, 3.8) is 0 Å². The third kappa shape index (κ3) is 4.40. The smallest absolute Gasteiger partial charge is 0.262 e. The fourth-order valence-corrected chi connectivity index (χ4v) is 2.57. The minimum atomic E-state index is -0.845. The van der Waals surface area contributed by atoms with E-state index in [0.717, 1.165) is 43.8 Å². The predicted octanol–water partition coefficient (Wildman–Crippen LogP) is 2.68. The van der Waals surface area contributed by atoms with Crippen LogP contribution in [0.4, 0.5) is 20.4 Å². The van der Waals surface area contributed by atoms with Crippen molar-refractivity contribution in [2.45, 2.75) is 19.8 Å². The largest absolute Gasteiger partial charge is 0.467 e. The van der Waals surface area contributed by atoms with Crippen LogP contribution in [0.15, 0.2) is 24.3 Å². The van der Waals surface area contributed by atoms with E-state index in [1.54, 1.807) is 6.07 Å². The minimum absolute atomic E-state index is 0.105. The number of rotatable bonds is 5. The molecule has 0 bridgehead atoms. The van der Waals surface area contributed by atoms with E-state index in [1.807, 2.05) is 6.92 Å². The van der Waals surface area contributed by atoms with Crippen molar-refractivity contribution in [3.05, 3.63) is 41.6 Å². The van der Waals surface area contributed by atoms with Crippen LogP contribution >= 0.6 is 0 Å². The lowest BCUT2D eigenvalue weighted by Crippen LogP contribution is -2.23. The molecule has 1 aliphatic rings. The maximum Gasteiger partial charge on any atom is 0.262 e. The van der Waals surface area contributed by atoms with Crippen LogP contribution in [-0.4, -0.2) is 35.6 Å². The van der Waals surface area contributed by atoms with Gasteiger partial charge in [-0.15, -0.1) is 0 Å². The van der Waals surface area contributed by atoms with Crippen LogP contribution in [-0.2, 0) is 4.79 Å². The molecular weight excluding hydrogens is 330 g/mol. The van der Waals surface area contributed by atoms with Gasteiger partial charge in [-0.05, 0) is 31.9 Å². The van der Waals surface area contributed by atoms with Crippen molar-refractivity contribution in [1.82, 2.24) is 9.97 Å². The van der Waals surface area contributed by atoms with E-state index in [0.29, 0.717) is 12.0 Å². The summed E-state index contributed by atoms with van der Waals surface area (Å²) in [7, 11) is 0. The molecule has 1 saturated heterocycles. The zero-order valence-electron chi connectivity index (χ0n) is 13.8. The van der Waals surface area contributed by atoms with Gasteiger partial charge < -0.3 is 15.0 Å². The van der Waals surface area contributed by atoms with E-state index in [1.165, 1.54) is 0 Å². The monoisotopic (exact) mass is 348 g/mol. The number of ether oxygens (including phenoxy) is 1. The van der Waals surface area contributed by atoms with Gasteiger partial charge in [0.2, 0.25) is 11.8 Å². The van der Waals surface area contributed by atoms with Crippen LogP contribution in [0.5, 0.6) is 5.88 Å². The molecule has 0 aliphatic carbocycles. The highest BCUT2D eigenvalue weighted by atomic mass is 19.1. The number of halogens is 2. The zero-order valence-corrected chi connectivity index (χ0v) is 13.8. The van der Waals surface area contributed by atoms with Gasteiger partial charge in [-0.2, -0.15) is 4.98 Å². The van der Waals surface area contributed by atoms with Gasteiger partial charge in [0.25, 0.3) is 5.91 Å². The van der Waals surface area contributed by atoms with Gasteiger partial charge >= 0.3 is 0 Å². The van der Waals surface area contributed by atoms with Gasteiger partial charge in [0.15, 0.2) is 6.61 Å². The molecular formula is C17H18F2N4O2. The first kappa shape index (κ1) is 17.1. The molecule has 0 saturated carbocycles. The lowest BCUT2D eigenvalue weighted by atomic mass is 10.3. The van der Waals surface area contributed by atoms with Gasteiger partial charge in [0.05, 0.1) is 5.69 Å². The standard InChI is InChI=1S/C17H18F2N4O2/c1-11-8-16(22-17(20-11)23-6-2-3-7-23)25-10-15(24)21-14-5-4-12(18)9-13(14)19/h4-5,8-9H,2-3,6-7,10H2,1H3,(H,21,24). The van der Waals surface area contributed by atoms with Crippen LogP contribution < -0.4 is 15.0 Å². The van der Waals surface area contributed by atoms with Gasteiger partial charge in [-0.1, -0.05) is 0 Å².